The van der Waals surface area contributed by atoms with Gasteiger partial charge in [0, 0.05) is 12.5 Å². The molecule has 1 fully saturated rings. The van der Waals surface area contributed by atoms with Crippen LogP contribution in [0, 0.1) is 5.82 Å². The second-order valence-electron chi connectivity index (χ2n) is 7.97. The van der Waals surface area contributed by atoms with Crippen LogP contribution >= 0.6 is 11.8 Å². The Balaban J connectivity index is 1.48. The van der Waals surface area contributed by atoms with Crippen molar-refractivity contribution in [3.63, 3.8) is 0 Å². The van der Waals surface area contributed by atoms with Crippen LogP contribution in [0.25, 0.3) is 0 Å². The Morgan fingerprint density at radius 2 is 2.00 bits per heavy atom. The Hall–Kier alpha value is -3.65. The predicted molar refractivity (Wildman–Crippen MR) is 130 cm³/mol. The number of carbonyl (C=O) groups excluding carboxylic acids is 3. The third-order valence-electron chi connectivity index (χ3n) is 5.11. The molecule has 190 valence electrons. The first-order chi connectivity index (χ1) is 17.0. The molecule has 0 aliphatic carbocycles. The number of benzene rings is 2. The molecule has 36 heavy (non-hydrogen) atoms. The lowest BCUT2D eigenvalue weighted by atomic mass is 10.1. The van der Waals surface area contributed by atoms with Crippen molar-refractivity contribution in [2.24, 2.45) is 5.10 Å². The summed E-state index contributed by atoms with van der Waals surface area (Å²) >= 11 is 1.02. The number of amides is 3. The van der Waals surface area contributed by atoms with Gasteiger partial charge in [-0.1, -0.05) is 23.9 Å². The predicted octanol–water partition coefficient (Wildman–Crippen LogP) is 1.89. The van der Waals surface area contributed by atoms with Crippen LogP contribution in [0.1, 0.15) is 23.3 Å². The smallest absolute Gasteiger partial charge is 0.414 e. The van der Waals surface area contributed by atoms with Crippen molar-refractivity contribution in [2.45, 2.75) is 18.3 Å². The highest BCUT2D eigenvalue weighted by molar-refractivity contribution is 8.15. The Bertz CT molecular complexity index is 1350. The number of nitrogens with one attached hydrogen (secondary N) is 2. The normalized spacial score (nSPS) is 19.9. The number of cyclic esters (lactones) is 1. The molecule has 11 nitrogen and oxygen atoms in total. The molecule has 2 atom stereocenters. The summed E-state index contributed by atoms with van der Waals surface area (Å²) in [6.45, 7) is 1.64. The molecule has 0 aromatic heterocycles. The van der Waals surface area contributed by atoms with E-state index >= 15 is 4.39 Å². The van der Waals surface area contributed by atoms with E-state index in [4.69, 9.17) is 8.92 Å². The van der Waals surface area contributed by atoms with Crippen LogP contribution in [0.2, 0.25) is 0 Å². The van der Waals surface area contributed by atoms with E-state index < -0.39 is 39.3 Å². The van der Waals surface area contributed by atoms with Crippen molar-refractivity contribution in [2.75, 3.05) is 24.2 Å². The maximum Gasteiger partial charge on any atom is 0.414 e. The van der Waals surface area contributed by atoms with Gasteiger partial charge in [0.05, 0.1) is 25.0 Å². The first-order valence-corrected chi connectivity index (χ1v) is 13.3. The molecule has 3 amide bonds. The van der Waals surface area contributed by atoms with Crippen LogP contribution in [0.15, 0.2) is 47.6 Å². The van der Waals surface area contributed by atoms with E-state index in [2.05, 4.69) is 15.8 Å². The van der Waals surface area contributed by atoms with Gasteiger partial charge >= 0.3 is 16.2 Å². The Kier molecular flexibility index (Phi) is 7.17. The Labute approximate surface area is 210 Å². The maximum atomic E-state index is 15.1. The average Bonchev–Trinajstić information content (AvgIpc) is 3.18. The topological polar surface area (TPSA) is 143 Å². The number of hydrazone groups is 1. The van der Waals surface area contributed by atoms with Crippen LogP contribution in [0.5, 0.6) is 5.75 Å². The molecule has 0 spiro atoms. The van der Waals surface area contributed by atoms with Crippen molar-refractivity contribution in [1.29, 1.82) is 0 Å². The Morgan fingerprint density at radius 3 is 2.64 bits per heavy atom. The van der Waals surface area contributed by atoms with Gasteiger partial charge in [0.1, 0.15) is 28.0 Å². The number of anilines is 1. The third kappa shape index (κ3) is 5.94. The lowest BCUT2D eigenvalue weighted by Crippen LogP contribution is -2.33. The molecule has 1 saturated heterocycles. The van der Waals surface area contributed by atoms with E-state index in [9.17, 15) is 22.8 Å². The summed E-state index contributed by atoms with van der Waals surface area (Å²) in [6.07, 6.45) is -0.296. The van der Waals surface area contributed by atoms with Crippen LogP contribution < -0.4 is 19.8 Å². The van der Waals surface area contributed by atoms with E-state index in [0.29, 0.717) is 5.56 Å². The Morgan fingerprint density at radius 1 is 1.28 bits per heavy atom. The van der Waals surface area contributed by atoms with Gasteiger partial charge in [-0.15, -0.1) is 0 Å². The fourth-order valence-corrected chi connectivity index (χ4v) is 5.04. The van der Waals surface area contributed by atoms with Crippen LogP contribution in [0.4, 0.5) is 14.9 Å². The zero-order valence-corrected chi connectivity index (χ0v) is 20.7. The molecule has 4 rings (SSSR count). The van der Waals surface area contributed by atoms with E-state index in [1.54, 1.807) is 0 Å². The maximum absolute atomic E-state index is 15.1. The highest BCUT2D eigenvalue weighted by atomic mass is 32.2. The largest absolute Gasteiger partial charge is 0.442 e. The van der Waals surface area contributed by atoms with Gasteiger partial charge in [-0.2, -0.15) is 13.5 Å². The zero-order valence-electron chi connectivity index (χ0n) is 19.1. The molecule has 0 radical (unpaired) electrons. The van der Waals surface area contributed by atoms with Crippen LogP contribution in [-0.2, 0) is 24.4 Å². The van der Waals surface area contributed by atoms with Crippen LogP contribution in [-0.4, -0.2) is 56.8 Å². The number of thioether (sulfide) groups is 1. The van der Waals surface area contributed by atoms with Gasteiger partial charge in [0.2, 0.25) is 5.91 Å². The van der Waals surface area contributed by atoms with E-state index in [1.165, 1.54) is 54.3 Å². The van der Waals surface area contributed by atoms with E-state index in [0.717, 1.165) is 18.0 Å². The minimum Gasteiger partial charge on any atom is -0.442 e. The molecule has 2 unspecified atom stereocenters. The molecule has 2 aliphatic rings. The lowest BCUT2D eigenvalue weighted by molar-refractivity contribution is -0.121. The van der Waals surface area contributed by atoms with Crippen molar-refractivity contribution in [3.8, 4) is 5.75 Å². The lowest BCUT2D eigenvalue weighted by Gasteiger charge is -2.22. The average molecular weight is 537 g/mol. The number of ether oxygens (including phenoxy) is 1. The van der Waals surface area contributed by atoms with Gasteiger partial charge in [-0.05, 0) is 35.9 Å². The summed E-state index contributed by atoms with van der Waals surface area (Å²) in [5.74, 6) is -1.25. The number of rotatable bonds is 7. The summed E-state index contributed by atoms with van der Waals surface area (Å²) < 4.78 is 47.7. The molecule has 2 aromatic rings. The number of hydrogen-bond donors (Lipinski definition) is 2. The van der Waals surface area contributed by atoms with Gasteiger partial charge in [0.25, 0.3) is 5.91 Å². The number of nitrogens with zero attached hydrogens (tertiary/aromatic N) is 2. The van der Waals surface area contributed by atoms with E-state index in [-0.39, 0.29) is 41.0 Å². The zero-order chi connectivity index (χ0) is 26.0. The summed E-state index contributed by atoms with van der Waals surface area (Å²) in [7, 11) is -3.69. The van der Waals surface area contributed by atoms with Gasteiger partial charge < -0.3 is 14.2 Å². The van der Waals surface area contributed by atoms with E-state index in [1.807, 2.05) is 0 Å². The molecular formula is C22H21FN4O7S2. The molecule has 2 heterocycles. The number of carbonyl (C=O) groups is 3. The minimum absolute atomic E-state index is 0.0951. The summed E-state index contributed by atoms with van der Waals surface area (Å²) in [5, 5.41) is 5.99. The molecule has 0 bridgehead atoms. The first-order valence-electron chi connectivity index (χ1n) is 10.6. The molecule has 0 saturated carbocycles. The SMILES string of the molecule is CC(=O)NCC1CN(c2ccc(C3=NNC(=O)C(c4ccc(OS(C)(=O)=O)cc4)S3)c(F)c2)C(=O)O1. The molecule has 2 aliphatic heterocycles. The van der Waals surface area contributed by atoms with Gasteiger partial charge in [0.15, 0.2) is 0 Å². The molecule has 14 heteroatoms. The first kappa shape index (κ1) is 25.4. The van der Waals surface area contributed by atoms with Gasteiger partial charge in [-0.3, -0.25) is 14.5 Å². The molecular weight excluding hydrogens is 515 g/mol. The van der Waals surface area contributed by atoms with Crippen molar-refractivity contribution in [3.05, 3.63) is 59.4 Å². The number of hydrogen-bond acceptors (Lipinski definition) is 9. The van der Waals surface area contributed by atoms with Gasteiger partial charge in [-0.25, -0.2) is 14.6 Å². The van der Waals surface area contributed by atoms with Crippen molar-refractivity contribution in [1.82, 2.24) is 10.7 Å². The van der Waals surface area contributed by atoms with Crippen molar-refractivity contribution >= 4 is 50.5 Å². The monoisotopic (exact) mass is 536 g/mol. The second-order valence-corrected chi connectivity index (χ2v) is 10.6. The molecule has 2 N–H and O–H groups in total. The van der Waals surface area contributed by atoms with Crippen molar-refractivity contribution < 1.29 is 36.1 Å². The number of halogens is 1. The summed E-state index contributed by atoms with van der Waals surface area (Å²) in [4.78, 5) is 37.0. The summed E-state index contributed by atoms with van der Waals surface area (Å²) in [6, 6.07) is 10.1. The fourth-order valence-electron chi connectivity index (χ4n) is 3.51. The highest BCUT2D eigenvalue weighted by Gasteiger charge is 2.34. The fraction of sp³-hybridized carbons (Fsp3) is 0.273. The molecule has 2 aromatic carbocycles. The van der Waals surface area contributed by atoms with Crippen LogP contribution in [0.3, 0.4) is 0 Å². The second kappa shape index (κ2) is 10.1. The standard InChI is InChI=1S/C22H21FN4O7S2/c1-12(28)24-10-16-11-27(22(30)33-16)14-5-8-17(18(23)9-14)21-26-25-20(29)19(35-21)13-3-6-15(7-4-13)34-36(2,31)32/h3-9,16,19H,10-11H2,1-2H3,(H,24,28)(H,25,29). The summed E-state index contributed by atoms with van der Waals surface area (Å²) in [5.41, 5.74) is 3.31. The quantitative estimate of drug-likeness (QED) is 0.511. The highest BCUT2D eigenvalue weighted by Crippen LogP contribution is 2.36. The third-order valence-corrected chi connectivity index (χ3v) is 6.86. The minimum atomic E-state index is -3.69.